The first-order valence-electron chi connectivity index (χ1n) is 5.05. The highest BCUT2D eigenvalue weighted by molar-refractivity contribution is 9.10. The van der Waals surface area contributed by atoms with Crippen molar-refractivity contribution in [1.82, 2.24) is 4.98 Å². The zero-order valence-corrected chi connectivity index (χ0v) is 11.3. The maximum atomic E-state index is 6.06. The van der Waals surface area contributed by atoms with Crippen molar-refractivity contribution in [2.45, 2.75) is 6.54 Å². The van der Waals surface area contributed by atoms with Gasteiger partial charge in [-0.2, -0.15) is 0 Å². The Bertz CT molecular complexity index is 531. The van der Waals surface area contributed by atoms with E-state index < -0.39 is 0 Å². The molecule has 0 amide bonds. The molecule has 0 radical (unpaired) electrons. The van der Waals surface area contributed by atoms with Crippen LogP contribution in [0.4, 0.5) is 11.5 Å². The highest BCUT2D eigenvalue weighted by atomic mass is 79.9. The van der Waals surface area contributed by atoms with Crippen LogP contribution < -0.4 is 11.1 Å². The molecule has 1 aromatic carbocycles. The van der Waals surface area contributed by atoms with Gasteiger partial charge < -0.3 is 11.1 Å². The van der Waals surface area contributed by atoms with E-state index in [0.29, 0.717) is 18.1 Å². The van der Waals surface area contributed by atoms with E-state index in [1.165, 1.54) is 0 Å². The molecule has 88 valence electrons. The Hall–Kier alpha value is -1.26. The summed E-state index contributed by atoms with van der Waals surface area (Å²) in [6.07, 6.45) is 1.70. The Morgan fingerprint density at radius 1 is 1.35 bits per heavy atom. The van der Waals surface area contributed by atoms with Crippen molar-refractivity contribution in [3.05, 3.63) is 51.6 Å². The van der Waals surface area contributed by atoms with Crippen molar-refractivity contribution in [1.29, 1.82) is 0 Å². The molecular formula is C12H11BrClN3. The number of halogens is 2. The summed E-state index contributed by atoms with van der Waals surface area (Å²) in [5.41, 5.74) is 7.45. The van der Waals surface area contributed by atoms with E-state index in [1.54, 1.807) is 6.20 Å². The van der Waals surface area contributed by atoms with E-state index in [0.717, 1.165) is 15.1 Å². The summed E-state index contributed by atoms with van der Waals surface area (Å²) in [4.78, 5) is 4.20. The van der Waals surface area contributed by atoms with Crippen molar-refractivity contribution >= 4 is 39.0 Å². The first-order valence-corrected chi connectivity index (χ1v) is 6.22. The van der Waals surface area contributed by atoms with Crippen LogP contribution in [0.2, 0.25) is 5.02 Å². The van der Waals surface area contributed by atoms with E-state index in [1.807, 2.05) is 30.3 Å². The molecule has 2 aromatic rings. The molecule has 0 aliphatic carbocycles. The fourth-order valence-electron chi connectivity index (χ4n) is 1.42. The first kappa shape index (κ1) is 12.2. The minimum absolute atomic E-state index is 0.596. The summed E-state index contributed by atoms with van der Waals surface area (Å²) in [5.74, 6) is 0.660. The fraction of sp³-hybridized carbons (Fsp3) is 0.0833. The van der Waals surface area contributed by atoms with Gasteiger partial charge in [0.25, 0.3) is 0 Å². The van der Waals surface area contributed by atoms with Gasteiger partial charge in [-0.15, -0.1) is 0 Å². The highest BCUT2D eigenvalue weighted by Gasteiger charge is 2.03. The molecule has 1 aromatic heterocycles. The third-order valence-corrected chi connectivity index (χ3v) is 3.09. The number of nitrogen functional groups attached to an aromatic ring is 1. The third kappa shape index (κ3) is 3.11. The minimum atomic E-state index is 0.596. The standard InChI is InChI=1S/C12H11BrClN3/c13-9-5-11(15)12(17-7-9)16-6-8-3-1-2-4-10(8)14/h1-5,7H,6,15H2,(H,16,17). The molecule has 3 N–H and O–H groups in total. The number of hydrogen-bond donors (Lipinski definition) is 2. The van der Waals surface area contributed by atoms with Gasteiger partial charge in [0.05, 0.1) is 5.69 Å². The van der Waals surface area contributed by atoms with Gasteiger partial charge in [0.2, 0.25) is 0 Å². The molecule has 5 heteroatoms. The Kier molecular flexibility index (Phi) is 3.86. The van der Waals surface area contributed by atoms with Crippen LogP contribution in [0.1, 0.15) is 5.56 Å². The molecule has 0 atom stereocenters. The number of aromatic nitrogens is 1. The zero-order valence-electron chi connectivity index (χ0n) is 8.95. The number of hydrogen-bond acceptors (Lipinski definition) is 3. The number of nitrogens with zero attached hydrogens (tertiary/aromatic N) is 1. The van der Waals surface area contributed by atoms with E-state index in [2.05, 4.69) is 26.2 Å². The Balaban J connectivity index is 2.10. The van der Waals surface area contributed by atoms with Crippen LogP contribution in [0.25, 0.3) is 0 Å². The molecule has 2 rings (SSSR count). The lowest BCUT2D eigenvalue weighted by Gasteiger charge is -2.09. The van der Waals surface area contributed by atoms with E-state index in [4.69, 9.17) is 17.3 Å². The van der Waals surface area contributed by atoms with E-state index in [-0.39, 0.29) is 0 Å². The van der Waals surface area contributed by atoms with Gasteiger partial charge in [0, 0.05) is 22.2 Å². The second kappa shape index (κ2) is 5.38. The summed E-state index contributed by atoms with van der Waals surface area (Å²) in [5, 5.41) is 3.89. The van der Waals surface area contributed by atoms with Crippen molar-refractivity contribution in [2.75, 3.05) is 11.1 Å². The lowest BCUT2D eigenvalue weighted by molar-refractivity contribution is 1.11. The highest BCUT2D eigenvalue weighted by Crippen LogP contribution is 2.21. The molecule has 0 saturated heterocycles. The molecule has 0 aliphatic heterocycles. The SMILES string of the molecule is Nc1cc(Br)cnc1NCc1ccccc1Cl. The largest absolute Gasteiger partial charge is 0.396 e. The summed E-state index contributed by atoms with van der Waals surface area (Å²) >= 11 is 9.37. The third-order valence-electron chi connectivity index (χ3n) is 2.29. The molecule has 0 bridgehead atoms. The van der Waals surface area contributed by atoms with E-state index >= 15 is 0 Å². The van der Waals surface area contributed by atoms with Crippen LogP contribution in [0, 0.1) is 0 Å². The van der Waals surface area contributed by atoms with Crippen molar-refractivity contribution in [3.8, 4) is 0 Å². The molecule has 0 fully saturated rings. The lowest BCUT2D eigenvalue weighted by atomic mass is 10.2. The summed E-state index contributed by atoms with van der Waals surface area (Å²) in [7, 11) is 0. The van der Waals surface area contributed by atoms with Gasteiger partial charge in [0.1, 0.15) is 5.82 Å². The van der Waals surface area contributed by atoms with Gasteiger partial charge >= 0.3 is 0 Å². The average molecular weight is 313 g/mol. The Morgan fingerprint density at radius 2 is 2.12 bits per heavy atom. The molecule has 17 heavy (non-hydrogen) atoms. The molecule has 0 saturated carbocycles. The second-order valence-electron chi connectivity index (χ2n) is 3.54. The summed E-state index contributed by atoms with van der Waals surface area (Å²) in [6, 6.07) is 9.47. The molecule has 0 spiro atoms. The molecule has 1 heterocycles. The first-order chi connectivity index (χ1) is 8.16. The number of nitrogens with one attached hydrogen (secondary N) is 1. The predicted octanol–water partition coefficient (Wildman–Crippen LogP) is 3.69. The van der Waals surface area contributed by atoms with Crippen molar-refractivity contribution < 1.29 is 0 Å². The summed E-state index contributed by atoms with van der Waals surface area (Å²) in [6.45, 7) is 0.596. The van der Waals surface area contributed by atoms with Gasteiger partial charge in [0.15, 0.2) is 0 Å². The molecular weight excluding hydrogens is 302 g/mol. The smallest absolute Gasteiger partial charge is 0.149 e. The normalized spacial score (nSPS) is 10.2. The molecule has 0 unspecified atom stereocenters. The zero-order chi connectivity index (χ0) is 12.3. The molecule has 3 nitrogen and oxygen atoms in total. The minimum Gasteiger partial charge on any atom is -0.396 e. The Morgan fingerprint density at radius 3 is 2.82 bits per heavy atom. The van der Waals surface area contributed by atoms with Gasteiger partial charge in [-0.05, 0) is 33.6 Å². The Labute approximate surface area is 113 Å². The monoisotopic (exact) mass is 311 g/mol. The number of pyridine rings is 1. The van der Waals surface area contributed by atoms with Crippen LogP contribution in [0.15, 0.2) is 41.0 Å². The van der Waals surface area contributed by atoms with Crippen molar-refractivity contribution in [2.24, 2.45) is 0 Å². The van der Waals surface area contributed by atoms with Gasteiger partial charge in [-0.25, -0.2) is 4.98 Å². The topological polar surface area (TPSA) is 50.9 Å². The average Bonchev–Trinajstić information content (AvgIpc) is 2.30. The lowest BCUT2D eigenvalue weighted by Crippen LogP contribution is -2.04. The van der Waals surface area contributed by atoms with Gasteiger partial charge in [-0.3, -0.25) is 0 Å². The maximum absolute atomic E-state index is 6.06. The summed E-state index contributed by atoms with van der Waals surface area (Å²) < 4.78 is 0.860. The number of anilines is 2. The number of benzene rings is 1. The van der Waals surface area contributed by atoms with Crippen LogP contribution >= 0.6 is 27.5 Å². The quantitative estimate of drug-likeness (QED) is 0.908. The van der Waals surface area contributed by atoms with Crippen LogP contribution in [0.3, 0.4) is 0 Å². The van der Waals surface area contributed by atoms with E-state index in [9.17, 15) is 0 Å². The van der Waals surface area contributed by atoms with Crippen LogP contribution in [-0.4, -0.2) is 4.98 Å². The second-order valence-corrected chi connectivity index (χ2v) is 4.86. The van der Waals surface area contributed by atoms with Crippen LogP contribution in [0.5, 0.6) is 0 Å². The number of nitrogens with two attached hydrogens (primary N) is 1. The maximum Gasteiger partial charge on any atom is 0.149 e. The van der Waals surface area contributed by atoms with Gasteiger partial charge in [-0.1, -0.05) is 29.8 Å². The number of rotatable bonds is 3. The fourth-order valence-corrected chi connectivity index (χ4v) is 1.97. The predicted molar refractivity (Wildman–Crippen MR) is 75.1 cm³/mol. The van der Waals surface area contributed by atoms with Crippen molar-refractivity contribution in [3.63, 3.8) is 0 Å². The van der Waals surface area contributed by atoms with Crippen LogP contribution in [-0.2, 0) is 6.54 Å². The molecule has 0 aliphatic rings.